The van der Waals surface area contributed by atoms with Crippen LogP contribution in [-0.4, -0.2) is 24.4 Å². The number of aryl methyl sites for hydroxylation is 3. The van der Waals surface area contributed by atoms with Crippen LogP contribution in [0.3, 0.4) is 0 Å². The second kappa shape index (κ2) is 10.0. The summed E-state index contributed by atoms with van der Waals surface area (Å²) in [5, 5.41) is 14.2. The van der Waals surface area contributed by atoms with E-state index in [4.69, 9.17) is 16.3 Å². The molecule has 2 aromatic rings. The minimum Gasteiger partial charge on any atom is -0.490 e. The molecule has 2 rings (SSSR count). The molecular formula is C20H27Cl2NO2. The number of benzene rings is 2. The van der Waals surface area contributed by atoms with Gasteiger partial charge >= 0.3 is 0 Å². The Labute approximate surface area is 161 Å². The maximum absolute atomic E-state index is 10.2. The van der Waals surface area contributed by atoms with Crippen LogP contribution in [0.25, 0.3) is 0 Å². The van der Waals surface area contributed by atoms with Crippen LogP contribution < -0.4 is 10.1 Å². The number of hydrogen-bond acceptors (Lipinski definition) is 3. The van der Waals surface area contributed by atoms with Crippen molar-refractivity contribution in [2.24, 2.45) is 0 Å². The van der Waals surface area contributed by atoms with E-state index in [-0.39, 0.29) is 25.1 Å². The molecular weight excluding hydrogens is 357 g/mol. The summed E-state index contributed by atoms with van der Waals surface area (Å²) in [6, 6.07) is 12.0. The molecule has 0 aliphatic carbocycles. The van der Waals surface area contributed by atoms with Crippen molar-refractivity contribution in [2.45, 2.75) is 39.8 Å². The number of aliphatic hydroxyl groups is 1. The van der Waals surface area contributed by atoms with E-state index in [0.717, 1.165) is 27.5 Å². The second-order valence-electron chi connectivity index (χ2n) is 6.37. The zero-order valence-electron chi connectivity index (χ0n) is 15.2. The molecule has 2 atom stereocenters. The molecule has 0 saturated carbocycles. The lowest BCUT2D eigenvalue weighted by Crippen LogP contribution is -2.33. The highest BCUT2D eigenvalue weighted by Gasteiger charge is 2.11. The van der Waals surface area contributed by atoms with Gasteiger partial charge in [0.15, 0.2) is 0 Å². The number of halogens is 2. The molecule has 0 spiro atoms. The molecule has 0 amide bonds. The van der Waals surface area contributed by atoms with Crippen molar-refractivity contribution in [1.82, 2.24) is 5.32 Å². The number of rotatable bonds is 7. The fraction of sp³-hybridized carbons (Fsp3) is 0.400. The Morgan fingerprint density at radius 1 is 1.08 bits per heavy atom. The lowest BCUT2D eigenvalue weighted by atomic mass is 10.1. The van der Waals surface area contributed by atoms with Crippen LogP contribution in [0, 0.1) is 20.8 Å². The summed E-state index contributed by atoms with van der Waals surface area (Å²) in [7, 11) is 0. The van der Waals surface area contributed by atoms with E-state index in [1.54, 1.807) is 0 Å². The van der Waals surface area contributed by atoms with Crippen LogP contribution in [-0.2, 0) is 0 Å². The average molecular weight is 384 g/mol. The monoisotopic (exact) mass is 383 g/mol. The Hall–Kier alpha value is -1.26. The first kappa shape index (κ1) is 21.8. The Bertz CT molecular complexity index is 651. The van der Waals surface area contributed by atoms with E-state index >= 15 is 0 Å². The minimum atomic E-state index is -0.570. The van der Waals surface area contributed by atoms with Gasteiger partial charge in [0.1, 0.15) is 18.5 Å². The zero-order valence-corrected chi connectivity index (χ0v) is 16.7. The molecule has 2 N–H and O–H groups in total. The van der Waals surface area contributed by atoms with Crippen molar-refractivity contribution < 1.29 is 9.84 Å². The summed E-state index contributed by atoms with van der Waals surface area (Å²) in [4.78, 5) is 0. The maximum Gasteiger partial charge on any atom is 0.125 e. The SMILES string of the molecule is Cc1cc(C)c(OCC(O)CNC(C)c2ccc(Cl)cc2)c(C)c1.Cl. The summed E-state index contributed by atoms with van der Waals surface area (Å²) in [5.74, 6) is 0.866. The van der Waals surface area contributed by atoms with Crippen LogP contribution in [0.15, 0.2) is 36.4 Å². The maximum atomic E-state index is 10.2. The predicted molar refractivity (Wildman–Crippen MR) is 107 cm³/mol. The van der Waals surface area contributed by atoms with E-state index in [2.05, 4.69) is 31.3 Å². The number of nitrogens with one attached hydrogen (secondary N) is 1. The van der Waals surface area contributed by atoms with E-state index in [9.17, 15) is 5.11 Å². The molecule has 0 fully saturated rings. The van der Waals surface area contributed by atoms with Crippen LogP contribution in [0.5, 0.6) is 5.75 Å². The van der Waals surface area contributed by atoms with Crippen molar-refractivity contribution in [3.8, 4) is 5.75 Å². The molecule has 5 heteroatoms. The molecule has 2 aromatic carbocycles. The summed E-state index contributed by atoms with van der Waals surface area (Å²) < 4.78 is 5.83. The van der Waals surface area contributed by atoms with Crippen LogP contribution >= 0.6 is 24.0 Å². The topological polar surface area (TPSA) is 41.5 Å². The predicted octanol–water partition coefficient (Wildman–Crippen LogP) is 4.78. The Balaban J connectivity index is 0.00000312. The van der Waals surface area contributed by atoms with Crippen molar-refractivity contribution >= 4 is 24.0 Å². The number of aliphatic hydroxyl groups excluding tert-OH is 1. The summed E-state index contributed by atoms with van der Waals surface area (Å²) >= 11 is 5.90. The van der Waals surface area contributed by atoms with E-state index in [1.165, 1.54) is 5.56 Å². The fourth-order valence-corrected chi connectivity index (χ4v) is 2.94. The van der Waals surface area contributed by atoms with E-state index < -0.39 is 6.10 Å². The van der Waals surface area contributed by atoms with Crippen LogP contribution in [0.2, 0.25) is 5.02 Å². The third-order valence-electron chi connectivity index (χ3n) is 4.05. The van der Waals surface area contributed by atoms with Gasteiger partial charge in [0, 0.05) is 17.6 Å². The lowest BCUT2D eigenvalue weighted by Gasteiger charge is -2.19. The van der Waals surface area contributed by atoms with E-state index in [1.807, 2.05) is 38.1 Å². The average Bonchev–Trinajstić information content (AvgIpc) is 2.52. The normalized spacial score (nSPS) is 13.0. The van der Waals surface area contributed by atoms with E-state index in [0.29, 0.717) is 6.54 Å². The summed E-state index contributed by atoms with van der Waals surface area (Å²) in [6.45, 7) is 8.93. The Morgan fingerprint density at radius 2 is 1.64 bits per heavy atom. The van der Waals surface area contributed by atoms with Crippen molar-refractivity contribution in [2.75, 3.05) is 13.2 Å². The third-order valence-corrected chi connectivity index (χ3v) is 4.31. The first-order valence-electron chi connectivity index (χ1n) is 8.24. The van der Waals surface area contributed by atoms with Crippen molar-refractivity contribution in [3.63, 3.8) is 0 Å². The van der Waals surface area contributed by atoms with Gasteiger partial charge in [-0.25, -0.2) is 0 Å². The summed E-state index contributed by atoms with van der Waals surface area (Å²) in [6.07, 6.45) is -0.570. The highest BCUT2D eigenvalue weighted by molar-refractivity contribution is 6.30. The molecule has 0 aliphatic rings. The smallest absolute Gasteiger partial charge is 0.125 e. The minimum absolute atomic E-state index is 0. The molecule has 0 radical (unpaired) electrons. The van der Waals surface area contributed by atoms with Gasteiger partial charge in [0.05, 0.1) is 0 Å². The van der Waals surface area contributed by atoms with Gasteiger partial charge in [-0.05, 0) is 56.5 Å². The van der Waals surface area contributed by atoms with Gasteiger partial charge in [-0.15, -0.1) is 12.4 Å². The Kier molecular flexibility index (Phi) is 8.74. The third kappa shape index (κ3) is 6.52. The van der Waals surface area contributed by atoms with Gasteiger partial charge < -0.3 is 15.2 Å². The first-order chi connectivity index (χ1) is 11.4. The van der Waals surface area contributed by atoms with Gasteiger partial charge in [-0.2, -0.15) is 0 Å². The zero-order chi connectivity index (χ0) is 17.7. The fourth-order valence-electron chi connectivity index (χ4n) is 2.82. The summed E-state index contributed by atoms with van der Waals surface area (Å²) in [5.41, 5.74) is 4.55. The molecule has 2 unspecified atom stereocenters. The number of hydrogen-bond donors (Lipinski definition) is 2. The van der Waals surface area contributed by atoms with Crippen molar-refractivity contribution in [3.05, 3.63) is 63.7 Å². The molecule has 0 bridgehead atoms. The highest BCUT2D eigenvalue weighted by Crippen LogP contribution is 2.24. The largest absolute Gasteiger partial charge is 0.490 e. The van der Waals surface area contributed by atoms with Gasteiger partial charge in [0.25, 0.3) is 0 Å². The highest BCUT2D eigenvalue weighted by atomic mass is 35.5. The molecule has 0 aliphatic heterocycles. The quantitative estimate of drug-likeness (QED) is 0.722. The second-order valence-corrected chi connectivity index (χ2v) is 6.81. The number of ether oxygens (including phenoxy) is 1. The van der Waals surface area contributed by atoms with Crippen LogP contribution in [0.4, 0.5) is 0 Å². The molecule has 0 saturated heterocycles. The molecule has 0 heterocycles. The lowest BCUT2D eigenvalue weighted by molar-refractivity contribution is 0.103. The molecule has 138 valence electrons. The first-order valence-corrected chi connectivity index (χ1v) is 8.62. The molecule has 0 aromatic heterocycles. The van der Waals surface area contributed by atoms with Gasteiger partial charge in [-0.1, -0.05) is 41.4 Å². The van der Waals surface area contributed by atoms with Crippen molar-refractivity contribution in [1.29, 1.82) is 0 Å². The standard InChI is InChI=1S/C20H26ClNO2.ClH/c1-13-9-14(2)20(15(3)10-13)24-12-19(23)11-22-16(4)17-5-7-18(21)8-6-17;/h5-10,16,19,22-23H,11-12H2,1-4H3;1H. The van der Waals surface area contributed by atoms with Gasteiger partial charge in [-0.3, -0.25) is 0 Å². The van der Waals surface area contributed by atoms with Crippen LogP contribution in [0.1, 0.15) is 35.2 Å². The molecule has 25 heavy (non-hydrogen) atoms. The molecule has 3 nitrogen and oxygen atoms in total. The Morgan fingerprint density at radius 3 is 2.20 bits per heavy atom. The van der Waals surface area contributed by atoms with Gasteiger partial charge in [0.2, 0.25) is 0 Å².